The molecule has 0 aliphatic heterocycles. The lowest BCUT2D eigenvalue weighted by Crippen LogP contribution is -1.91. The van der Waals surface area contributed by atoms with Crippen molar-refractivity contribution in [3.05, 3.63) is 27.4 Å². The molecule has 0 aliphatic carbocycles. The van der Waals surface area contributed by atoms with Crippen molar-refractivity contribution in [1.29, 1.82) is 0 Å². The molecule has 0 atom stereocenters. The van der Waals surface area contributed by atoms with E-state index >= 15 is 0 Å². The van der Waals surface area contributed by atoms with Gasteiger partial charge in [0.2, 0.25) is 0 Å². The van der Waals surface area contributed by atoms with Crippen LogP contribution in [0.25, 0.3) is 0 Å². The zero-order valence-electron chi connectivity index (χ0n) is 5.79. The van der Waals surface area contributed by atoms with Gasteiger partial charge in [0.25, 0.3) is 0 Å². The van der Waals surface area contributed by atoms with Crippen LogP contribution in [0, 0.1) is 5.82 Å². The maximum atomic E-state index is 12.6. The molecule has 1 aromatic carbocycles. The molecule has 0 aromatic heterocycles. The predicted octanol–water partition coefficient (Wildman–Crippen LogP) is 3.28. The SMILES string of the molecule is CNc1c(Cl)cc(F)cc1Br. The fraction of sp³-hybridized carbons (Fsp3) is 0.143. The van der Waals surface area contributed by atoms with Gasteiger partial charge in [0.15, 0.2) is 0 Å². The van der Waals surface area contributed by atoms with Gasteiger partial charge in [-0.05, 0) is 28.1 Å². The summed E-state index contributed by atoms with van der Waals surface area (Å²) in [6.45, 7) is 0. The molecule has 0 bridgehead atoms. The maximum Gasteiger partial charge on any atom is 0.125 e. The van der Waals surface area contributed by atoms with Gasteiger partial charge in [0.1, 0.15) is 5.82 Å². The normalized spacial score (nSPS) is 9.82. The predicted molar refractivity (Wildman–Crippen MR) is 48.7 cm³/mol. The van der Waals surface area contributed by atoms with E-state index in [9.17, 15) is 4.39 Å². The average Bonchev–Trinajstić information content (AvgIpc) is 1.85. The minimum Gasteiger partial charge on any atom is -0.386 e. The average molecular weight is 238 g/mol. The summed E-state index contributed by atoms with van der Waals surface area (Å²) in [5.74, 6) is -0.346. The molecule has 0 aliphatic rings. The monoisotopic (exact) mass is 237 g/mol. The fourth-order valence-electron chi connectivity index (χ4n) is 0.781. The van der Waals surface area contributed by atoms with Crippen molar-refractivity contribution in [2.24, 2.45) is 0 Å². The molecule has 0 amide bonds. The first-order valence-corrected chi connectivity index (χ1v) is 4.14. The molecule has 0 saturated carbocycles. The molecule has 0 heterocycles. The highest BCUT2D eigenvalue weighted by Gasteiger charge is 2.04. The van der Waals surface area contributed by atoms with Crippen molar-refractivity contribution in [3.63, 3.8) is 0 Å². The fourth-order valence-corrected chi connectivity index (χ4v) is 1.83. The Balaban J connectivity index is 3.25. The van der Waals surface area contributed by atoms with Gasteiger partial charge < -0.3 is 5.32 Å². The third-order valence-electron chi connectivity index (χ3n) is 1.26. The molecule has 0 unspecified atom stereocenters. The van der Waals surface area contributed by atoms with Crippen LogP contribution in [0.1, 0.15) is 0 Å². The minimum atomic E-state index is -0.346. The molecule has 0 fully saturated rings. The number of rotatable bonds is 1. The standard InChI is InChI=1S/C7H6BrClFN/c1-11-7-5(8)2-4(10)3-6(7)9/h2-3,11H,1H3. The zero-order valence-corrected chi connectivity index (χ0v) is 8.13. The van der Waals surface area contributed by atoms with Crippen molar-refractivity contribution in [1.82, 2.24) is 0 Å². The van der Waals surface area contributed by atoms with E-state index in [2.05, 4.69) is 21.2 Å². The van der Waals surface area contributed by atoms with Crippen LogP contribution in [0.15, 0.2) is 16.6 Å². The molecular weight excluding hydrogens is 232 g/mol. The van der Waals surface area contributed by atoms with E-state index in [1.165, 1.54) is 12.1 Å². The van der Waals surface area contributed by atoms with Crippen molar-refractivity contribution in [3.8, 4) is 0 Å². The van der Waals surface area contributed by atoms with E-state index in [-0.39, 0.29) is 5.82 Å². The molecule has 11 heavy (non-hydrogen) atoms. The van der Waals surface area contributed by atoms with Crippen molar-refractivity contribution in [2.45, 2.75) is 0 Å². The first-order chi connectivity index (χ1) is 5.15. The number of nitrogens with one attached hydrogen (secondary N) is 1. The van der Waals surface area contributed by atoms with E-state index in [4.69, 9.17) is 11.6 Å². The largest absolute Gasteiger partial charge is 0.386 e. The Morgan fingerprint density at radius 2 is 2.18 bits per heavy atom. The lowest BCUT2D eigenvalue weighted by atomic mass is 10.3. The molecular formula is C7H6BrClFN. The zero-order chi connectivity index (χ0) is 8.43. The third-order valence-corrected chi connectivity index (χ3v) is 2.18. The molecule has 0 radical (unpaired) electrons. The summed E-state index contributed by atoms with van der Waals surface area (Å²) in [4.78, 5) is 0. The van der Waals surface area contributed by atoms with Gasteiger partial charge >= 0.3 is 0 Å². The number of hydrogen-bond donors (Lipinski definition) is 1. The number of halogens is 3. The van der Waals surface area contributed by atoms with E-state index in [1.54, 1.807) is 7.05 Å². The highest BCUT2D eigenvalue weighted by atomic mass is 79.9. The maximum absolute atomic E-state index is 12.6. The van der Waals surface area contributed by atoms with E-state index in [0.29, 0.717) is 15.2 Å². The molecule has 0 saturated heterocycles. The quantitative estimate of drug-likeness (QED) is 0.792. The Morgan fingerprint density at radius 3 is 2.64 bits per heavy atom. The van der Waals surface area contributed by atoms with Crippen LogP contribution >= 0.6 is 27.5 Å². The second kappa shape index (κ2) is 3.41. The second-order valence-corrected chi connectivity index (χ2v) is 3.26. The van der Waals surface area contributed by atoms with E-state index < -0.39 is 0 Å². The smallest absolute Gasteiger partial charge is 0.125 e. The van der Waals surface area contributed by atoms with Crippen LogP contribution in [0.3, 0.4) is 0 Å². The topological polar surface area (TPSA) is 12.0 Å². The Hall–Kier alpha value is -0.280. The van der Waals surface area contributed by atoms with Crippen LogP contribution in [0.2, 0.25) is 5.02 Å². The van der Waals surface area contributed by atoms with E-state index in [0.717, 1.165) is 0 Å². The Morgan fingerprint density at radius 1 is 1.55 bits per heavy atom. The van der Waals surface area contributed by atoms with Crippen LogP contribution in [0.4, 0.5) is 10.1 Å². The molecule has 1 rings (SSSR count). The first-order valence-electron chi connectivity index (χ1n) is 2.97. The summed E-state index contributed by atoms with van der Waals surface area (Å²) >= 11 is 8.87. The summed E-state index contributed by atoms with van der Waals surface area (Å²) in [7, 11) is 1.73. The van der Waals surface area contributed by atoms with Crippen LogP contribution in [-0.4, -0.2) is 7.05 Å². The van der Waals surface area contributed by atoms with Crippen LogP contribution in [0.5, 0.6) is 0 Å². The van der Waals surface area contributed by atoms with Gasteiger partial charge in [-0.3, -0.25) is 0 Å². The number of anilines is 1. The second-order valence-electron chi connectivity index (χ2n) is 1.99. The summed E-state index contributed by atoms with van der Waals surface area (Å²) < 4.78 is 13.2. The molecule has 0 spiro atoms. The summed E-state index contributed by atoms with van der Waals surface area (Å²) in [6, 6.07) is 2.62. The summed E-state index contributed by atoms with van der Waals surface area (Å²) in [5, 5.41) is 3.22. The highest BCUT2D eigenvalue weighted by molar-refractivity contribution is 9.10. The molecule has 1 nitrogen and oxygen atoms in total. The van der Waals surface area contributed by atoms with Gasteiger partial charge in [-0.25, -0.2) is 4.39 Å². The van der Waals surface area contributed by atoms with Gasteiger partial charge in [-0.15, -0.1) is 0 Å². The lowest BCUT2D eigenvalue weighted by Gasteiger charge is -2.05. The van der Waals surface area contributed by atoms with Gasteiger partial charge in [0.05, 0.1) is 10.7 Å². The van der Waals surface area contributed by atoms with Crippen LogP contribution in [-0.2, 0) is 0 Å². The number of benzene rings is 1. The van der Waals surface area contributed by atoms with Crippen molar-refractivity contribution >= 4 is 33.2 Å². The van der Waals surface area contributed by atoms with Crippen molar-refractivity contribution < 1.29 is 4.39 Å². The lowest BCUT2D eigenvalue weighted by molar-refractivity contribution is 0.627. The van der Waals surface area contributed by atoms with Gasteiger partial charge in [-0.1, -0.05) is 11.6 Å². The van der Waals surface area contributed by atoms with Crippen LogP contribution < -0.4 is 5.32 Å². The summed E-state index contributed by atoms with van der Waals surface area (Å²) in [6.07, 6.45) is 0. The Labute approximate surface area is 77.7 Å². The Bertz CT molecular complexity index is 254. The molecule has 1 N–H and O–H groups in total. The first kappa shape index (κ1) is 8.81. The molecule has 4 heteroatoms. The molecule has 1 aromatic rings. The highest BCUT2D eigenvalue weighted by Crippen LogP contribution is 2.30. The summed E-state index contributed by atoms with van der Waals surface area (Å²) in [5.41, 5.74) is 0.702. The van der Waals surface area contributed by atoms with E-state index in [1.807, 2.05) is 0 Å². The van der Waals surface area contributed by atoms with Crippen molar-refractivity contribution in [2.75, 3.05) is 12.4 Å². The van der Waals surface area contributed by atoms with Gasteiger partial charge in [-0.2, -0.15) is 0 Å². The van der Waals surface area contributed by atoms with Gasteiger partial charge in [0, 0.05) is 11.5 Å². The Kier molecular flexibility index (Phi) is 2.73. The minimum absolute atomic E-state index is 0.346. The number of hydrogen-bond acceptors (Lipinski definition) is 1. The third kappa shape index (κ3) is 1.84. The molecule has 60 valence electrons.